The van der Waals surface area contributed by atoms with E-state index in [1.165, 1.54) is 12.1 Å². The van der Waals surface area contributed by atoms with Crippen LogP contribution in [-0.2, 0) is 0 Å². The fraction of sp³-hybridized carbons (Fsp3) is 0.0588. The highest BCUT2D eigenvalue weighted by molar-refractivity contribution is 5.94. The van der Waals surface area contributed by atoms with Crippen molar-refractivity contribution in [2.24, 2.45) is 0 Å². The van der Waals surface area contributed by atoms with Crippen molar-refractivity contribution >= 4 is 11.9 Å². The molecule has 4 nitrogen and oxygen atoms in total. The van der Waals surface area contributed by atoms with E-state index in [4.69, 9.17) is 5.11 Å². The van der Waals surface area contributed by atoms with Crippen LogP contribution in [0.1, 0.15) is 31.8 Å². The maximum atomic E-state index is 11.5. The molecule has 0 unspecified atom stereocenters. The number of rotatable bonds is 2. The van der Waals surface area contributed by atoms with Gasteiger partial charge in [-0.2, -0.15) is 0 Å². The van der Waals surface area contributed by atoms with E-state index in [1.54, 1.807) is 43.4 Å². The van der Waals surface area contributed by atoms with Crippen molar-refractivity contribution in [2.45, 2.75) is 0 Å². The van der Waals surface area contributed by atoms with Crippen LogP contribution in [0.15, 0.2) is 48.5 Å². The molecular weight excluding hydrogens is 266 g/mol. The number of nitrogens with one attached hydrogen (secondary N) is 1. The molecule has 0 aliphatic heterocycles. The largest absolute Gasteiger partial charge is 0.478 e. The van der Waals surface area contributed by atoms with Crippen molar-refractivity contribution in [3.63, 3.8) is 0 Å². The standard InChI is InChI=1S/C17H13NO3/c1-18-16(19)14-6-2-4-12(10-14)8-9-13-5-3-7-15(11-13)17(20)21/h2-7,10-11H,1H3,(H,18,19)(H,20,21). The smallest absolute Gasteiger partial charge is 0.335 e. The van der Waals surface area contributed by atoms with Gasteiger partial charge in [0, 0.05) is 23.7 Å². The minimum absolute atomic E-state index is 0.175. The third-order valence-corrected chi connectivity index (χ3v) is 2.81. The Balaban J connectivity index is 2.29. The van der Waals surface area contributed by atoms with Crippen molar-refractivity contribution in [3.05, 3.63) is 70.8 Å². The van der Waals surface area contributed by atoms with Gasteiger partial charge in [-0.1, -0.05) is 24.0 Å². The van der Waals surface area contributed by atoms with Gasteiger partial charge in [-0.15, -0.1) is 0 Å². The van der Waals surface area contributed by atoms with Crippen molar-refractivity contribution in [2.75, 3.05) is 7.05 Å². The van der Waals surface area contributed by atoms with E-state index in [0.29, 0.717) is 16.7 Å². The Bertz CT molecular complexity index is 754. The molecule has 0 saturated carbocycles. The van der Waals surface area contributed by atoms with Crippen LogP contribution in [0.5, 0.6) is 0 Å². The van der Waals surface area contributed by atoms with E-state index in [0.717, 1.165) is 0 Å². The molecule has 104 valence electrons. The quantitative estimate of drug-likeness (QED) is 0.828. The number of benzene rings is 2. The van der Waals surface area contributed by atoms with Gasteiger partial charge in [0.25, 0.3) is 5.91 Å². The van der Waals surface area contributed by atoms with Gasteiger partial charge in [-0.05, 0) is 36.4 Å². The molecule has 2 aromatic rings. The van der Waals surface area contributed by atoms with Gasteiger partial charge in [0.1, 0.15) is 0 Å². The van der Waals surface area contributed by atoms with Gasteiger partial charge in [0.05, 0.1) is 5.56 Å². The predicted octanol–water partition coefficient (Wildman–Crippen LogP) is 2.14. The van der Waals surface area contributed by atoms with Crippen LogP contribution in [0.4, 0.5) is 0 Å². The summed E-state index contributed by atoms with van der Waals surface area (Å²) in [5.41, 5.74) is 2.03. The number of amides is 1. The van der Waals surface area contributed by atoms with E-state index < -0.39 is 5.97 Å². The SMILES string of the molecule is CNC(=O)c1cccc(C#Cc2cccc(C(=O)O)c2)c1. The molecule has 0 fully saturated rings. The minimum Gasteiger partial charge on any atom is -0.478 e. The Morgan fingerprint density at radius 2 is 1.48 bits per heavy atom. The monoisotopic (exact) mass is 279 g/mol. The van der Waals surface area contributed by atoms with Crippen LogP contribution in [0.25, 0.3) is 0 Å². The Labute approximate surface area is 122 Å². The molecule has 4 heteroatoms. The molecular formula is C17H13NO3. The Morgan fingerprint density at radius 1 is 0.952 bits per heavy atom. The molecule has 2 N–H and O–H groups in total. The first-order valence-corrected chi connectivity index (χ1v) is 6.27. The van der Waals surface area contributed by atoms with Crippen molar-refractivity contribution < 1.29 is 14.7 Å². The summed E-state index contributed by atoms with van der Waals surface area (Å²) in [4.78, 5) is 22.4. The molecule has 0 spiro atoms. The van der Waals surface area contributed by atoms with Crippen LogP contribution in [-0.4, -0.2) is 24.0 Å². The summed E-state index contributed by atoms with van der Waals surface area (Å²) in [6.07, 6.45) is 0. The zero-order chi connectivity index (χ0) is 15.2. The van der Waals surface area contributed by atoms with E-state index in [2.05, 4.69) is 17.2 Å². The first-order valence-electron chi connectivity index (χ1n) is 6.27. The van der Waals surface area contributed by atoms with E-state index >= 15 is 0 Å². The molecule has 0 heterocycles. The van der Waals surface area contributed by atoms with Crippen LogP contribution < -0.4 is 5.32 Å². The number of aromatic carboxylic acids is 1. The Kier molecular flexibility index (Phi) is 4.37. The summed E-state index contributed by atoms with van der Waals surface area (Å²) in [7, 11) is 1.57. The number of carboxylic acids is 1. The van der Waals surface area contributed by atoms with E-state index in [9.17, 15) is 9.59 Å². The zero-order valence-corrected chi connectivity index (χ0v) is 11.4. The molecule has 0 atom stereocenters. The van der Waals surface area contributed by atoms with Crippen molar-refractivity contribution in [3.8, 4) is 11.8 Å². The van der Waals surface area contributed by atoms with Crippen molar-refractivity contribution in [1.29, 1.82) is 0 Å². The third kappa shape index (κ3) is 3.71. The maximum Gasteiger partial charge on any atom is 0.335 e. The maximum absolute atomic E-state index is 11.5. The highest BCUT2D eigenvalue weighted by Gasteiger charge is 2.03. The summed E-state index contributed by atoms with van der Waals surface area (Å²) < 4.78 is 0. The lowest BCUT2D eigenvalue weighted by Crippen LogP contribution is -2.17. The Hall–Kier alpha value is -3.06. The van der Waals surface area contributed by atoms with E-state index in [-0.39, 0.29) is 11.5 Å². The molecule has 0 bridgehead atoms. The highest BCUT2D eigenvalue weighted by atomic mass is 16.4. The lowest BCUT2D eigenvalue weighted by Gasteiger charge is -1.99. The van der Waals surface area contributed by atoms with Gasteiger partial charge in [0.2, 0.25) is 0 Å². The normalized spacial score (nSPS) is 9.38. The van der Waals surface area contributed by atoms with E-state index in [1.807, 2.05) is 0 Å². The van der Waals surface area contributed by atoms with Gasteiger partial charge in [-0.25, -0.2) is 4.79 Å². The Morgan fingerprint density at radius 3 is 2.00 bits per heavy atom. The third-order valence-electron chi connectivity index (χ3n) is 2.81. The topological polar surface area (TPSA) is 66.4 Å². The molecule has 0 saturated heterocycles. The molecule has 21 heavy (non-hydrogen) atoms. The summed E-state index contributed by atoms with van der Waals surface area (Å²) in [6, 6.07) is 13.3. The molecule has 0 aromatic heterocycles. The predicted molar refractivity (Wildman–Crippen MR) is 79.2 cm³/mol. The molecule has 1 amide bonds. The highest BCUT2D eigenvalue weighted by Crippen LogP contribution is 2.06. The number of carbonyl (C=O) groups excluding carboxylic acids is 1. The van der Waals surface area contributed by atoms with Crippen LogP contribution in [0.3, 0.4) is 0 Å². The molecule has 2 aromatic carbocycles. The lowest BCUT2D eigenvalue weighted by molar-refractivity contribution is 0.0696. The van der Waals surface area contributed by atoms with Crippen LogP contribution in [0, 0.1) is 11.8 Å². The summed E-state index contributed by atoms with van der Waals surface area (Å²) in [5, 5.41) is 11.5. The minimum atomic E-state index is -0.986. The summed E-state index contributed by atoms with van der Waals surface area (Å²) in [5.74, 6) is 4.66. The first kappa shape index (κ1) is 14.4. The number of carbonyl (C=O) groups is 2. The molecule has 0 aliphatic carbocycles. The average Bonchev–Trinajstić information content (AvgIpc) is 2.52. The molecule has 0 aliphatic rings. The summed E-state index contributed by atoms with van der Waals surface area (Å²) in [6.45, 7) is 0. The van der Waals surface area contributed by atoms with Gasteiger partial charge < -0.3 is 10.4 Å². The number of hydrogen-bond donors (Lipinski definition) is 2. The van der Waals surface area contributed by atoms with Crippen molar-refractivity contribution in [1.82, 2.24) is 5.32 Å². The number of carboxylic acid groups (broad SMARTS) is 1. The zero-order valence-electron chi connectivity index (χ0n) is 11.4. The fourth-order valence-electron chi connectivity index (χ4n) is 1.76. The second-order valence-corrected chi connectivity index (χ2v) is 4.30. The van der Waals surface area contributed by atoms with Gasteiger partial charge >= 0.3 is 5.97 Å². The number of hydrogen-bond acceptors (Lipinski definition) is 2. The first-order chi connectivity index (χ1) is 10.1. The lowest BCUT2D eigenvalue weighted by atomic mass is 10.1. The fourth-order valence-corrected chi connectivity index (χ4v) is 1.76. The van der Waals surface area contributed by atoms with Crippen LogP contribution in [0.2, 0.25) is 0 Å². The average molecular weight is 279 g/mol. The summed E-state index contributed by atoms with van der Waals surface area (Å²) >= 11 is 0. The van der Waals surface area contributed by atoms with Gasteiger partial charge in [0.15, 0.2) is 0 Å². The molecule has 0 radical (unpaired) electrons. The second kappa shape index (κ2) is 6.40. The van der Waals surface area contributed by atoms with Crippen LogP contribution >= 0.6 is 0 Å². The second-order valence-electron chi connectivity index (χ2n) is 4.30. The molecule has 2 rings (SSSR count). The van der Waals surface area contributed by atoms with Gasteiger partial charge in [-0.3, -0.25) is 4.79 Å².